The average Bonchev–Trinajstić information content (AvgIpc) is 2.56. The molecule has 0 saturated carbocycles. The zero-order valence-corrected chi connectivity index (χ0v) is 14.5. The minimum Gasteiger partial charge on any atom is -0.352 e. The smallest absolute Gasteiger partial charge is 0.352 e. The second-order valence-corrected chi connectivity index (χ2v) is 6.14. The standard InChI is InChI=1S/C16H22ClF3N4/c1-12(16(18,19)20)23-7-9-24(10-8-23)15(21-2)22-11-13-5-3-4-6-14(13)17/h3-6,12H,7-11H2,1-2H3,(H,21,22). The van der Waals surface area contributed by atoms with Gasteiger partial charge in [-0.1, -0.05) is 29.8 Å². The third kappa shape index (κ3) is 4.77. The maximum Gasteiger partial charge on any atom is 0.403 e. The van der Waals surface area contributed by atoms with E-state index in [0.717, 1.165) is 5.56 Å². The molecule has 2 rings (SSSR count). The van der Waals surface area contributed by atoms with Crippen LogP contribution >= 0.6 is 11.6 Å². The zero-order chi connectivity index (χ0) is 17.7. The number of hydrogen-bond donors (Lipinski definition) is 1. The lowest BCUT2D eigenvalue weighted by atomic mass is 10.2. The van der Waals surface area contributed by atoms with Gasteiger partial charge < -0.3 is 10.2 Å². The van der Waals surface area contributed by atoms with Gasteiger partial charge in [-0.2, -0.15) is 13.2 Å². The average molecular weight is 363 g/mol. The largest absolute Gasteiger partial charge is 0.403 e. The van der Waals surface area contributed by atoms with E-state index in [2.05, 4.69) is 10.3 Å². The molecule has 1 heterocycles. The Bertz CT molecular complexity index is 569. The third-order valence-corrected chi connectivity index (χ3v) is 4.61. The second kappa shape index (κ2) is 8.07. The molecule has 0 spiro atoms. The second-order valence-electron chi connectivity index (χ2n) is 5.73. The van der Waals surface area contributed by atoms with E-state index in [1.165, 1.54) is 11.8 Å². The Hall–Kier alpha value is -1.47. The summed E-state index contributed by atoms with van der Waals surface area (Å²) in [7, 11) is 1.67. The van der Waals surface area contributed by atoms with Crippen molar-refractivity contribution >= 4 is 17.6 Å². The lowest BCUT2D eigenvalue weighted by Crippen LogP contribution is -2.56. The minimum absolute atomic E-state index is 0.355. The summed E-state index contributed by atoms with van der Waals surface area (Å²) in [6, 6.07) is 6.09. The molecule has 1 saturated heterocycles. The van der Waals surface area contributed by atoms with Crippen molar-refractivity contribution in [1.82, 2.24) is 15.1 Å². The molecular formula is C16H22ClF3N4. The Labute approximate surface area is 145 Å². The molecule has 0 aromatic heterocycles. The molecule has 4 nitrogen and oxygen atoms in total. The third-order valence-electron chi connectivity index (χ3n) is 4.24. The summed E-state index contributed by atoms with van der Waals surface area (Å²) in [6.45, 7) is 3.44. The number of guanidine groups is 1. The summed E-state index contributed by atoms with van der Waals surface area (Å²) in [4.78, 5) is 7.65. The summed E-state index contributed by atoms with van der Waals surface area (Å²) in [5, 5.41) is 3.89. The highest BCUT2D eigenvalue weighted by Gasteiger charge is 2.41. The molecule has 0 radical (unpaired) electrons. The molecule has 1 aromatic carbocycles. The number of rotatable bonds is 3. The highest BCUT2D eigenvalue weighted by molar-refractivity contribution is 6.31. The van der Waals surface area contributed by atoms with E-state index < -0.39 is 12.2 Å². The molecule has 24 heavy (non-hydrogen) atoms. The molecule has 8 heteroatoms. The van der Waals surface area contributed by atoms with Crippen LogP contribution in [0.1, 0.15) is 12.5 Å². The van der Waals surface area contributed by atoms with Crippen LogP contribution in [0.3, 0.4) is 0 Å². The van der Waals surface area contributed by atoms with Crippen LogP contribution in [-0.4, -0.2) is 61.2 Å². The summed E-state index contributed by atoms with van der Waals surface area (Å²) in [6.07, 6.45) is -4.19. The van der Waals surface area contributed by atoms with Crippen LogP contribution in [0.25, 0.3) is 0 Å². The van der Waals surface area contributed by atoms with E-state index in [0.29, 0.717) is 43.7 Å². The van der Waals surface area contributed by atoms with Crippen LogP contribution in [0.5, 0.6) is 0 Å². The SMILES string of the molecule is CN=C(NCc1ccccc1Cl)N1CCN(C(C)C(F)(F)F)CC1. The first-order chi connectivity index (χ1) is 11.3. The number of nitrogens with one attached hydrogen (secondary N) is 1. The van der Waals surface area contributed by atoms with Crippen LogP contribution in [0.4, 0.5) is 13.2 Å². The molecule has 1 aromatic rings. The number of benzene rings is 1. The van der Waals surface area contributed by atoms with E-state index in [4.69, 9.17) is 11.6 Å². The van der Waals surface area contributed by atoms with Crippen LogP contribution in [0, 0.1) is 0 Å². The Morgan fingerprint density at radius 1 is 1.25 bits per heavy atom. The number of aliphatic imine (C=N–C) groups is 1. The Morgan fingerprint density at radius 2 is 1.88 bits per heavy atom. The minimum atomic E-state index is -4.19. The van der Waals surface area contributed by atoms with Crippen LogP contribution in [0.2, 0.25) is 5.02 Å². The van der Waals surface area contributed by atoms with Crippen molar-refractivity contribution < 1.29 is 13.2 Å². The molecular weight excluding hydrogens is 341 g/mol. The van der Waals surface area contributed by atoms with Gasteiger partial charge in [0.1, 0.15) is 6.04 Å². The monoisotopic (exact) mass is 362 g/mol. The van der Waals surface area contributed by atoms with Gasteiger partial charge in [0.2, 0.25) is 0 Å². The summed E-state index contributed by atoms with van der Waals surface area (Å²) >= 11 is 6.13. The van der Waals surface area contributed by atoms with Crippen LogP contribution < -0.4 is 5.32 Å². The first kappa shape index (κ1) is 18.9. The van der Waals surface area contributed by atoms with Crippen molar-refractivity contribution in [3.8, 4) is 0 Å². The fourth-order valence-electron chi connectivity index (χ4n) is 2.68. The van der Waals surface area contributed by atoms with Crippen molar-refractivity contribution in [2.75, 3.05) is 33.2 Å². The molecule has 1 atom stereocenters. The predicted octanol–water partition coefficient (Wildman–Crippen LogP) is 2.98. The zero-order valence-electron chi connectivity index (χ0n) is 13.8. The van der Waals surface area contributed by atoms with Crippen molar-refractivity contribution in [3.05, 3.63) is 34.9 Å². The van der Waals surface area contributed by atoms with Gasteiger partial charge in [0.05, 0.1) is 0 Å². The van der Waals surface area contributed by atoms with Crippen molar-refractivity contribution in [3.63, 3.8) is 0 Å². The van der Waals surface area contributed by atoms with Crippen molar-refractivity contribution in [2.24, 2.45) is 4.99 Å². The molecule has 1 unspecified atom stereocenters. The van der Waals surface area contributed by atoms with Gasteiger partial charge >= 0.3 is 6.18 Å². The highest BCUT2D eigenvalue weighted by Crippen LogP contribution is 2.25. The molecule has 1 N–H and O–H groups in total. The molecule has 0 aliphatic carbocycles. The van der Waals surface area contributed by atoms with E-state index in [1.54, 1.807) is 7.05 Å². The Balaban J connectivity index is 1.89. The number of piperazine rings is 1. The number of alkyl halides is 3. The Kier molecular flexibility index (Phi) is 6.34. The van der Waals surface area contributed by atoms with Crippen molar-refractivity contribution in [1.29, 1.82) is 0 Å². The van der Waals surface area contributed by atoms with E-state index in [1.807, 2.05) is 29.2 Å². The number of hydrogen-bond acceptors (Lipinski definition) is 2. The molecule has 1 fully saturated rings. The van der Waals surface area contributed by atoms with E-state index in [-0.39, 0.29) is 0 Å². The maximum atomic E-state index is 12.8. The van der Waals surface area contributed by atoms with Crippen LogP contribution in [0.15, 0.2) is 29.3 Å². The molecule has 1 aliphatic heterocycles. The summed E-state index contributed by atoms with van der Waals surface area (Å²) < 4.78 is 38.4. The van der Waals surface area contributed by atoms with Crippen LogP contribution in [-0.2, 0) is 6.54 Å². The fourth-order valence-corrected chi connectivity index (χ4v) is 2.88. The molecule has 0 amide bonds. The van der Waals surface area contributed by atoms with E-state index >= 15 is 0 Å². The molecule has 0 bridgehead atoms. The topological polar surface area (TPSA) is 30.9 Å². The van der Waals surface area contributed by atoms with Gasteiger partial charge in [-0.15, -0.1) is 0 Å². The van der Waals surface area contributed by atoms with Crippen molar-refractivity contribution in [2.45, 2.75) is 25.7 Å². The first-order valence-electron chi connectivity index (χ1n) is 7.82. The summed E-state index contributed by atoms with van der Waals surface area (Å²) in [5.74, 6) is 0.675. The van der Waals surface area contributed by atoms with E-state index in [9.17, 15) is 13.2 Å². The fraction of sp³-hybridized carbons (Fsp3) is 0.562. The normalized spacial score (nSPS) is 18.6. The van der Waals surface area contributed by atoms with Gasteiger partial charge in [-0.05, 0) is 18.6 Å². The number of nitrogens with zero attached hydrogens (tertiary/aromatic N) is 3. The Morgan fingerprint density at radius 3 is 2.42 bits per heavy atom. The van der Waals surface area contributed by atoms with Gasteiger partial charge in [0, 0.05) is 44.8 Å². The lowest BCUT2D eigenvalue weighted by Gasteiger charge is -2.39. The molecule has 1 aliphatic rings. The highest BCUT2D eigenvalue weighted by atomic mass is 35.5. The first-order valence-corrected chi connectivity index (χ1v) is 8.20. The lowest BCUT2D eigenvalue weighted by molar-refractivity contribution is -0.181. The van der Waals surface area contributed by atoms with Gasteiger partial charge in [0.15, 0.2) is 5.96 Å². The van der Waals surface area contributed by atoms with Gasteiger partial charge in [-0.3, -0.25) is 9.89 Å². The van der Waals surface area contributed by atoms with Gasteiger partial charge in [0.25, 0.3) is 0 Å². The maximum absolute atomic E-state index is 12.8. The molecule has 134 valence electrons. The quantitative estimate of drug-likeness (QED) is 0.662. The number of halogens is 4. The predicted molar refractivity (Wildman–Crippen MR) is 90.3 cm³/mol. The summed E-state index contributed by atoms with van der Waals surface area (Å²) in [5.41, 5.74) is 0.949. The van der Waals surface area contributed by atoms with Gasteiger partial charge in [-0.25, -0.2) is 0 Å².